The van der Waals surface area contributed by atoms with Gasteiger partial charge in [-0.15, -0.1) is 0 Å². The summed E-state index contributed by atoms with van der Waals surface area (Å²) in [6.07, 6.45) is -3.37. The number of alkyl halides is 3. The van der Waals surface area contributed by atoms with Gasteiger partial charge in [0.2, 0.25) is 5.75 Å². The summed E-state index contributed by atoms with van der Waals surface area (Å²) in [4.78, 5) is 23.7. The van der Waals surface area contributed by atoms with Crippen molar-refractivity contribution >= 4 is 23.7 Å². The van der Waals surface area contributed by atoms with Crippen LogP contribution in [-0.4, -0.2) is 39.4 Å². The van der Waals surface area contributed by atoms with Crippen molar-refractivity contribution in [3.63, 3.8) is 0 Å². The zero-order valence-electron chi connectivity index (χ0n) is 16.2. The van der Waals surface area contributed by atoms with Crippen LogP contribution in [-0.2, 0) is 15.8 Å². The number of methoxy groups -OCH3 is 3. The average molecular weight is 425 g/mol. The molecule has 0 heterocycles. The highest BCUT2D eigenvalue weighted by atomic mass is 19.4. The lowest BCUT2D eigenvalue weighted by molar-refractivity contribution is -0.137. The van der Waals surface area contributed by atoms with Crippen LogP contribution < -0.4 is 25.0 Å². The van der Waals surface area contributed by atoms with E-state index in [0.717, 1.165) is 12.1 Å². The third kappa shape index (κ3) is 5.40. The lowest BCUT2D eigenvalue weighted by atomic mass is 10.2. The van der Waals surface area contributed by atoms with E-state index in [-0.39, 0.29) is 11.4 Å². The lowest BCUT2D eigenvalue weighted by Crippen LogP contribution is -2.32. The lowest BCUT2D eigenvalue weighted by Gasteiger charge is -2.13. The minimum absolute atomic E-state index is 0.185. The fourth-order valence-electron chi connectivity index (χ4n) is 2.40. The number of nitrogens with one attached hydrogen (secondary N) is 2. The van der Waals surface area contributed by atoms with Crippen molar-refractivity contribution in [1.82, 2.24) is 5.43 Å². The molecule has 0 aromatic heterocycles. The minimum Gasteiger partial charge on any atom is -0.493 e. The molecular formula is C19H18F3N3O5. The largest absolute Gasteiger partial charge is 0.493 e. The van der Waals surface area contributed by atoms with Gasteiger partial charge in [0.15, 0.2) is 11.5 Å². The van der Waals surface area contributed by atoms with Gasteiger partial charge in [0.05, 0.1) is 33.1 Å². The predicted molar refractivity (Wildman–Crippen MR) is 102 cm³/mol. The quantitative estimate of drug-likeness (QED) is 0.421. The molecule has 0 saturated heterocycles. The number of anilines is 1. The van der Waals surface area contributed by atoms with Crippen molar-refractivity contribution in [2.75, 3.05) is 26.6 Å². The Morgan fingerprint density at radius 3 is 2.27 bits per heavy atom. The molecule has 30 heavy (non-hydrogen) atoms. The Balaban J connectivity index is 2.07. The van der Waals surface area contributed by atoms with E-state index in [4.69, 9.17) is 14.2 Å². The molecule has 0 fully saturated rings. The molecule has 0 aliphatic heterocycles. The van der Waals surface area contributed by atoms with Gasteiger partial charge in [0, 0.05) is 11.3 Å². The van der Waals surface area contributed by atoms with E-state index in [0.29, 0.717) is 23.1 Å². The molecule has 0 unspecified atom stereocenters. The van der Waals surface area contributed by atoms with Crippen LogP contribution >= 0.6 is 0 Å². The molecule has 0 saturated carbocycles. The number of ether oxygens (including phenoxy) is 3. The van der Waals surface area contributed by atoms with Crippen LogP contribution in [0.3, 0.4) is 0 Å². The van der Waals surface area contributed by atoms with Crippen LogP contribution in [0.4, 0.5) is 18.9 Å². The van der Waals surface area contributed by atoms with Crippen molar-refractivity contribution in [3.8, 4) is 17.2 Å². The van der Waals surface area contributed by atoms with E-state index in [9.17, 15) is 22.8 Å². The minimum atomic E-state index is -4.58. The summed E-state index contributed by atoms with van der Waals surface area (Å²) in [5, 5.41) is 5.73. The van der Waals surface area contributed by atoms with E-state index in [2.05, 4.69) is 10.4 Å². The molecule has 2 amide bonds. The van der Waals surface area contributed by atoms with E-state index in [1.165, 1.54) is 33.6 Å². The van der Waals surface area contributed by atoms with Gasteiger partial charge in [0.1, 0.15) is 0 Å². The third-order valence-electron chi connectivity index (χ3n) is 3.76. The van der Waals surface area contributed by atoms with Crippen molar-refractivity contribution in [1.29, 1.82) is 0 Å². The molecule has 11 heteroatoms. The molecule has 160 valence electrons. The smallest absolute Gasteiger partial charge is 0.416 e. The molecule has 0 atom stereocenters. The number of carbonyl (C=O) groups excluding carboxylic acids is 2. The predicted octanol–water partition coefficient (Wildman–Crippen LogP) is 2.82. The van der Waals surface area contributed by atoms with E-state index < -0.39 is 23.6 Å². The molecule has 2 aromatic carbocycles. The normalized spacial score (nSPS) is 11.1. The van der Waals surface area contributed by atoms with Crippen LogP contribution in [0.2, 0.25) is 0 Å². The first kappa shape index (κ1) is 22.5. The van der Waals surface area contributed by atoms with Crippen molar-refractivity contribution < 1.29 is 37.0 Å². The van der Waals surface area contributed by atoms with Gasteiger partial charge >= 0.3 is 18.0 Å². The summed E-state index contributed by atoms with van der Waals surface area (Å²) >= 11 is 0. The highest BCUT2D eigenvalue weighted by molar-refractivity contribution is 6.39. The summed E-state index contributed by atoms with van der Waals surface area (Å²) in [5.74, 6) is -1.37. The number of halogens is 3. The molecule has 0 spiro atoms. The Morgan fingerprint density at radius 2 is 1.67 bits per heavy atom. The summed E-state index contributed by atoms with van der Waals surface area (Å²) in [6, 6.07) is 7.05. The molecule has 2 aromatic rings. The number of amides is 2. The fourth-order valence-corrected chi connectivity index (χ4v) is 2.40. The Labute approximate surface area is 169 Å². The number of hydrazone groups is 1. The van der Waals surface area contributed by atoms with E-state index in [1.54, 1.807) is 12.1 Å². The highest BCUT2D eigenvalue weighted by Gasteiger charge is 2.30. The van der Waals surface area contributed by atoms with Crippen molar-refractivity contribution in [2.45, 2.75) is 6.18 Å². The highest BCUT2D eigenvalue weighted by Crippen LogP contribution is 2.39. The number of carbonyl (C=O) groups is 2. The molecule has 8 nitrogen and oxygen atoms in total. The van der Waals surface area contributed by atoms with Crippen LogP contribution in [0.5, 0.6) is 17.2 Å². The van der Waals surface area contributed by atoms with Gasteiger partial charge in [-0.05, 0) is 30.3 Å². The van der Waals surface area contributed by atoms with E-state index >= 15 is 0 Å². The van der Waals surface area contributed by atoms with E-state index in [1.807, 2.05) is 5.43 Å². The maximum absolute atomic E-state index is 12.7. The summed E-state index contributed by atoms with van der Waals surface area (Å²) < 4.78 is 53.8. The number of nitrogens with zero attached hydrogens (tertiary/aromatic N) is 1. The van der Waals surface area contributed by atoms with Gasteiger partial charge in [-0.3, -0.25) is 9.59 Å². The second-order valence-electron chi connectivity index (χ2n) is 5.66. The topological polar surface area (TPSA) is 98.2 Å². The standard InChI is InChI=1S/C19H18F3N3O5/c1-28-14-8-7-11(15(29-2)16(14)30-3)10-23-25-18(27)17(26)24-13-6-4-5-12(9-13)19(20,21)22/h4-10H,1-3H3,(H,24,26)(H,25,27)/b23-10+. The average Bonchev–Trinajstić information content (AvgIpc) is 2.72. The second kappa shape index (κ2) is 9.63. The van der Waals surface area contributed by atoms with Gasteiger partial charge < -0.3 is 19.5 Å². The Morgan fingerprint density at radius 1 is 0.967 bits per heavy atom. The zero-order valence-corrected chi connectivity index (χ0v) is 16.2. The van der Waals surface area contributed by atoms with Gasteiger partial charge in [-0.1, -0.05) is 6.07 Å². The van der Waals surface area contributed by atoms with Crippen molar-refractivity contribution in [2.24, 2.45) is 5.10 Å². The number of benzene rings is 2. The molecule has 0 aliphatic carbocycles. The summed E-state index contributed by atoms with van der Waals surface area (Å²) in [6.45, 7) is 0. The SMILES string of the molecule is COc1ccc(/C=N/NC(=O)C(=O)Nc2cccc(C(F)(F)F)c2)c(OC)c1OC. The fraction of sp³-hybridized carbons (Fsp3) is 0.211. The van der Waals surface area contributed by atoms with Crippen LogP contribution in [0, 0.1) is 0 Å². The molecule has 0 aliphatic rings. The first-order chi connectivity index (χ1) is 14.2. The van der Waals surface area contributed by atoms with Gasteiger partial charge in [0.25, 0.3) is 0 Å². The van der Waals surface area contributed by atoms with Crippen molar-refractivity contribution in [3.05, 3.63) is 47.5 Å². The van der Waals surface area contributed by atoms with Gasteiger partial charge in [-0.2, -0.15) is 18.3 Å². The third-order valence-corrected chi connectivity index (χ3v) is 3.76. The van der Waals surface area contributed by atoms with Crippen LogP contribution in [0.25, 0.3) is 0 Å². The monoisotopic (exact) mass is 425 g/mol. The number of hydrogen-bond donors (Lipinski definition) is 2. The Hall–Kier alpha value is -3.76. The van der Waals surface area contributed by atoms with Crippen LogP contribution in [0.15, 0.2) is 41.5 Å². The molecule has 2 N–H and O–H groups in total. The first-order valence-corrected chi connectivity index (χ1v) is 8.31. The molecule has 0 radical (unpaired) electrons. The summed E-state index contributed by atoms with van der Waals surface area (Å²) in [5.41, 5.74) is 1.25. The summed E-state index contributed by atoms with van der Waals surface area (Å²) in [7, 11) is 4.27. The Kier molecular flexibility index (Phi) is 7.23. The van der Waals surface area contributed by atoms with Gasteiger partial charge in [-0.25, -0.2) is 5.43 Å². The Bertz CT molecular complexity index is 961. The maximum atomic E-state index is 12.7. The second-order valence-corrected chi connectivity index (χ2v) is 5.66. The molecular weight excluding hydrogens is 407 g/mol. The maximum Gasteiger partial charge on any atom is 0.416 e. The first-order valence-electron chi connectivity index (χ1n) is 8.31. The number of hydrogen-bond acceptors (Lipinski definition) is 6. The zero-order chi connectivity index (χ0) is 22.3. The molecule has 2 rings (SSSR count). The number of rotatable bonds is 6. The van der Waals surface area contributed by atoms with Crippen LogP contribution in [0.1, 0.15) is 11.1 Å². The molecule has 0 bridgehead atoms.